The smallest absolute Gasteiger partial charge is 0.135 e. The highest BCUT2D eigenvalue weighted by Gasteiger charge is 2.27. The lowest BCUT2D eigenvalue weighted by atomic mass is 10.3. The van der Waals surface area contributed by atoms with Crippen molar-refractivity contribution < 1.29 is 0 Å². The molecule has 0 aliphatic heterocycles. The fourth-order valence-electron chi connectivity index (χ4n) is 1.39. The Labute approximate surface area is 95.5 Å². The highest BCUT2D eigenvalue weighted by atomic mass is 35.5. The fourth-order valence-corrected chi connectivity index (χ4v) is 1.58. The van der Waals surface area contributed by atoms with Crippen LogP contribution in [0, 0.1) is 0 Å². The lowest BCUT2D eigenvalue weighted by molar-refractivity contribution is 0.735. The maximum atomic E-state index is 5.99. The molecular weight excluding hydrogens is 210 g/mol. The molecule has 0 atom stereocenters. The highest BCUT2D eigenvalue weighted by molar-refractivity contribution is 6.29. The Morgan fingerprint density at radius 1 is 1.40 bits per heavy atom. The maximum absolute atomic E-state index is 5.99. The zero-order chi connectivity index (χ0) is 11.0. The van der Waals surface area contributed by atoms with Crippen LogP contribution >= 0.6 is 11.6 Å². The summed E-state index contributed by atoms with van der Waals surface area (Å²) in [5, 5.41) is 0.550. The van der Waals surface area contributed by atoms with E-state index in [1.54, 1.807) is 0 Å². The van der Waals surface area contributed by atoms with Gasteiger partial charge in [-0.25, -0.2) is 9.97 Å². The van der Waals surface area contributed by atoms with Crippen molar-refractivity contribution in [1.82, 2.24) is 9.97 Å². The van der Waals surface area contributed by atoms with Crippen molar-refractivity contribution in [3.05, 3.63) is 17.0 Å². The average Bonchev–Trinajstić information content (AvgIpc) is 2.98. The first-order valence-electron chi connectivity index (χ1n) is 5.35. The quantitative estimate of drug-likeness (QED) is 0.741. The minimum Gasteiger partial charge on any atom is -0.357 e. The van der Waals surface area contributed by atoms with Gasteiger partial charge in [-0.2, -0.15) is 0 Å². The van der Waals surface area contributed by atoms with Gasteiger partial charge in [0.05, 0.1) is 0 Å². The number of halogens is 1. The van der Waals surface area contributed by atoms with E-state index in [0.29, 0.717) is 17.1 Å². The second-order valence-electron chi connectivity index (χ2n) is 4.39. The molecule has 1 saturated carbocycles. The number of hydrogen-bond acceptors (Lipinski definition) is 3. The van der Waals surface area contributed by atoms with Gasteiger partial charge in [0.25, 0.3) is 0 Å². The van der Waals surface area contributed by atoms with Crippen molar-refractivity contribution >= 4 is 17.4 Å². The second kappa shape index (κ2) is 3.97. The molecule has 0 bridgehead atoms. The fraction of sp³-hybridized carbons (Fsp3) is 0.636. The van der Waals surface area contributed by atoms with Crippen LogP contribution in [0.1, 0.15) is 38.4 Å². The summed E-state index contributed by atoms with van der Waals surface area (Å²) in [5.41, 5.74) is 0. The first-order chi connectivity index (χ1) is 7.08. The first-order valence-corrected chi connectivity index (χ1v) is 5.73. The first kappa shape index (κ1) is 10.7. The summed E-state index contributed by atoms with van der Waals surface area (Å²) in [6.07, 6.45) is 2.40. The average molecular weight is 226 g/mol. The zero-order valence-corrected chi connectivity index (χ0v) is 10.1. The van der Waals surface area contributed by atoms with E-state index in [9.17, 15) is 0 Å². The monoisotopic (exact) mass is 225 g/mol. The molecule has 1 fully saturated rings. The van der Waals surface area contributed by atoms with Gasteiger partial charge < -0.3 is 4.90 Å². The Balaban J connectivity index is 2.30. The van der Waals surface area contributed by atoms with Crippen LogP contribution in [0.4, 0.5) is 5.82 Å². The van der Waals surface area contributed by atoms with Crippen molar-refractivity contribution in [2.45, 2.75) is 38.6 Å². The van der Waals surface area contributed by atoms with Crippen LogP contribution in [-0.2, 0) is 0 Å². The largest absolute Gasteiger partial charge is 0.357 e. The molecule has 0 unspecified atom stereocenters. The minimum absolute atomic E-state index is 0.419. The Bertz CT molecular complexity index is 361. The molecule has 0 aromatic carbocycles. The molecule has 0 amide bonds. The maximum Gasteiger partial charge on any atom is 0.135 e. The highest BCUT2D eigenvalue weighted by Crippen LogP contribution is 2.39. The van der Waals surface area contributed by atoms with Crippen LogP contribution in [0.25, 0.3) is 0 Å². The SMILES string of the molecule is CC(C)N(C)c1cc(Cl)nc(C2CC2)n1. The molecule has 1 aliphatic rings. The van der Waals surface area contributed by atoms with Crippen LogP contribution in [0.2, 0.25) is 5.15 Å². The standard InChI is InChI=1S/C11H16ClN3/c1-7(2)15(3)10-6-9(12)13-11(14-10)8-4-5-8/h6-8H,4-5H2,1-3H3. The summed E-state index contributed by atoms with van der Waals surface area (Å²) in [6, 6.07) is 2.25. The molecule has 4 heteroatoms. The van der Waals surface area contributed by atoms with Gasteiger partial charge in [-0.15, -0.1) is 0 Å². The summed E-state index contributed by atoms with van der Waals surface area (Å²) < 4.78 is 0. The van der Waals surface area contributed by atoms with Crippen LogP contribution in [-0.4, -0.2) is 23.1 Å². The van der Waals surface area contributed by atoms with Crippen molar-refractivity contribution in [3.63, 3.8) is 0 Å². The van der Waals surface area contributed by atoms with E-state index < -0.39 is 0 Å². The topological polar surface area (TPSA) is 29.0 Å². The van der Waals surface area contributed by atoms with Crippen molar-refractivity contribution in [2.24, 2.45) is 0 Å². The number of anilines is 1. The third-order valence-corrected chi connectivity index (χ3v) is 2.97. The van der Waals surface area contributed by atoms with E-state index in [2.05, 4.69) is 28.7 Å². The molecule has 0 saturated heterocycles. The third-order valence-electron chi connectivity index (χ3n) is 2.78. The van der Waals surface area contributed by atoms with E-state index in [1.807, 2.05) is 13.1 Å². The van der Waals surface area contributed by atoms with Gasteiger partial charge in [0, 0.05) is 25.1 Å². The number of rotatable bonds is 3. The Morgan fingerprint density at radius 3 is 2.60 bits per heavy atom. The Morgan fingerprint density at radius 2 is 2.07 bits per heavy atom. The summed E-state index contributed by atoms with van der Waals surface area (Å²) in [7, 11) is 2.03. The molecule has 1 aromatic heterocycles. The lowest BCUT2D eigenvalue weighted by Gasteiger charge is -2.22. The molecule has 82 valence electrons. The predicted molar refractivity (Wildman–Crippen MR) is 62.6 cm³/mol. The summed E-state index contributed by atoms with van der Waals surface area (Å²) in [5.74, 6) is 2.37. The van der Waals surface area contributed by atoms with Gasteiger partial charge in [0.2, 0.25) is 0 Å². The van der Waals surface area contributed by atoms with Gasteiger partial charge in [0.15, 0.2) is 0 Å². The minimum atomic E-state index is 0.419. The Hall–Kier alpha value is -0.830. The van der Waals surface area contributed by atoms with Crippen LogP contribution in [0.5, 0.6) is 0 Å². The molecule has 0 spiro atoms. The second-order valence-corrected chi connectivity index (χ2v) is 4.77. The van der Waals surface area contributed by atoms with Crippen LogP contribution < -0.4 is 4.90 Å². The third kappa shape index (κ3) is 2.40. The van der Waals surface area contributed by atoms with Gasteiger partial charge in [0.1, 0.15) is 16.8 Å². The van der Waals surface area contributed by atoms with E-state index >= 15 is 0 Å². The van der Waals surface area contributed by atoms with Gasteiger partial charge >= 0.3 is 0 Å². The summed E-state index contributed by atoms with van der Waals surface area (Å²) in [6.45, 7) is 4.26. The molecule has 1 aromatic rings. The number of aromatic nitrogens is 2. The molecule has 0 N–H and O–H groups in total. The molecular formula is C11H16ClN3. The molecule has 1 heterocycles. The molecule has 2 rings (SSSR count). The van der Waals surface area contributed by atoms with Crippen molar-refractivity contribution in [1.29, 1.82) is 0 Å². The van der Waals surface area contributed by atoms with E-state index in [1.165, 1.54) is 12.8 Å². The molecule has 15 heavy (non-hydrogen) atoms. The van der Waals surface area contributed by atoms with Gasteiger partial charge in [-0.05, 0) is 26.7 Å². The van der Waals surface area contributed by atoms with E-state index in [-0.39, 0.29) is 0 Å². The molecule has 3 nitrogen and oxygen atoms in total. The van der Waals surface area contributed by atoms with Crippen molar-refractivity contribution in [2.75, 3.05) is 11.9 Å². The van der Waals surface area contributed by atoms with Crippen LogP contribution in [0.15, 0.2) is 6.07 Å². The molecule has 1 aliphatic carbocycles. The van der Waals surface area contributed by atoms with Gasteiger partial charge in [-0.3, -0.25) is 0 Å². The van der Waals surface area contributed by atoms with E-state index in [4.69, 9.17) is 11.6 Å². The molecule has 0 radical (unpaired) electrons. The van der Waals surface area contributed by atoms with Gasteiger partial charge in [-0.1, -0.05) is 11.6 Å². The number of hydrogen-bond donors (Lipinski definition) is 0. The van der Waals surface area contributed by atoms with Crippen LogP contribution in [0.3, 0.4) is 0 Å². The predicted octanol–water partition coefficient (Wildman–Crippen LogP) is 2.85. The normalized spacial score (nSPS) is 15.8. The Kier molecular flexibility index (Phi) is 2.83. The summed E-state index contributed by atoms with van der Waals surface area (Å²) in [4.78, 5) is 10.9. The zero-order valence-electron chi connectivity index (χ0n) is 9.37. The van der Waals surface area contributed by atoms with E-state index in [0.717, 1.165) is 11.6 Å². The number of nitrogens with zero attached hydrogens (tertiary/aromatic N) is 3. The summed E-state index contributed by atoms with van der Waals surface area (Å²) >= 11 is 5.99. The van der Waals surface area contributed by atoms with Crippen molar-refractivity contribution in [3.8, 4) is 0 Å². The lowest BCUT2D eigenvalue weighted by Crippen LogP contribution is -2.26.